The van der Waals surface area contributed by atoms with Crippen LogP contribution in [-0.4, -0.2) is 45.9 Å². The van der Waals surface area contributed by atoms with Gasteiger partial charge in [-0.2, -0.15) is 0 Å². The van der Waals surface area contributed by atoms with Crippen molar-refractivity contribution in [2.24, 2.45) is 5.92 Å². The predicted molar refractivity (Wildman–Crippen MR) is 102 cm³/mol. The number of rotatable bonds is 3. The Labute approximate surface area is 165 Å². The summed E-state index contributed by atoms with van der Waals surface area (Å²) in [4.78, 5) is 32.6. The summed E-state index contributed by atoms with van der Waals surface area (Å²) < 4.78 is 26.7. The molecule has 1 aromatic heterocycles. The number of hydrogen-bond donors (Lipinski definition) is 1. The Morgan fingerprint density at radius 2 is 2.03 bits per heavy atom. The summed E-state index contributed by atoms with van der Waals surface area (Å²) in [5.74, 6) is -0.723. The molecule has 5 rings (SSSR count). The van der Waals surface area contributed by atoms with Crippen LogP contribution in [0.1, 0.15) is 17.7 Å². The van der Waals surface area contributed by atoms with Crippen molar-refractivity contribution in [2.45, 2.75) is 19.0 Å². The summed E-state index contributed by atoms with van der Waals surface area (Å²) in [6.07, 6.45) is 4.07. The van der Waals surface area contributed by atoms with Crippen molar-refractivity contribution in [1.82, 2.24) is 14.8 Å². The first-order valence-corrected chi connectivity index (χ1v) is 9.45. The minimum Gasteiger partial charge on any atom is -0.333 e. The summed E-state index contributed by atoms with van der Waals surface area (Å²) in [7, 11) is 0. The zero-order chi connectivity index (χ0) is 20.1. The predicted octanol–water partition coefficient (Wildman–Crippen LogP) is 3.02. The molecule has 1 saturated heterocycles. The number of benzene rings is 1. The van der Waals surface area contributed by atoms with Gasteiger partial charge in [-0.05, 0) is 53.8 Å². The Morgan fingerprint density at radius 3 is 2.79 bits per heavy atom. The molecular weight excluding hydrogens is 378 g/mol. The van der Waals surface area contributed by atoms with E-state index in [1.54, 1.807) is 11.0 Å². The Kier molecular flexibility index (Phi) is 4.08. The molecule has 0 spiro atoms. The molecule has 29 heavy (non-hydrogen) atoms. The lowest BCUT2D eigenvalue weighted by molar-refractivity contribution is -0.132. The standard InChI is InChI=1S/C21H18F2N4O2/c22-14-1-3-17-13(7-14)10-26(21(29)25-17)11-20(28)27-9-12-5-16(19(27)6-12)18-4-2-15(23)8-24-18/h1-5,7-8,12,19H,6,9-11H2,(H,25,29)/t12-,19-/m0/s1. The monoisotopic (exact) mass is 396 g/mol. The van der Waals surface area contributed by atoms with Gasteiger partial charge < -0.3 is 15.1 Å². The molecule has 1 aliphatic carbocycles. The van der Waals surface area contributed by atoms with Gasteiger partial charge in [-0.25, -0.2) is 13.6 Å². The van der Waals surface area contributed by atoms with Gasteiger partial charge in [0.1, 0.15) is 18.2 Å². The smallest absolute Gasteiger partial charge is 0.322 e. The van der Waals surface area contributed by atoms with Gasteiger partial charge in [-0.3, -0.25) is 9.78 Å². The average molecular weight is 396 g/mol. The van der Waals surface area contributed by atoms with E-state index in [1.807, 2.05) is 0 Å². The lowest BCUT2D eigenvalue weighted by Gasteiger charge is -2.33. The summed E-state index contributed by atoms with van der Waals surface area (Å²) in [6.45, 7) is 0.679. The quantitative estimate of drug-likeness (QED) is 0.868. The molecule has 2 aromatic rings. The van der Waals surface area contributed by atoms with Gasteiger partial charge in [0, 0.05) is 12.2 Å². The van der Waals surface area contributed by atoms with Gasteiger partial charge in [-0.1, -0.05) is 6.08 Å². The van der Waals surface area contributed by atoms with Gasteiger partial charge in [0.15, 0.2) is 0 Å². The maximum absolute atomic E-state index is 13.5. The number of amides is 3. The Morgan fingerprint density at radius 1 is 1.21 bits per heavy atom. The number of carbonyl (C=O) groups is 2. The number of hydrogen-bond acceptors (Lipinski definition) is 3. The summed E-state index contributed by atoms with van der Waals surface area (Å²) in [5.41, 5.74) is 2.78. The Hall–Kier alpha value is -3.29. The van der Waals surface area contributed by atoms with Gasteiger partial charge in [0.05, 0.1) is 24.5 Å². The van der Waals surface area contributed by atoms with E-state index in [2.05, 4.69) is 16.4 Å². The van der Waals surface area contributed by atoms with Gasteiger partial charge in [-0.15, -0.1) is 0 Å². The average Bonchev–Trinajstić information content (AvgIpc) is 3.30. The summed E-state index contributed by atoms with van der Waals surface area (Å²) in [6, 6.07) is 6.65. The number of nitrogens with one attached hydrogen (secondary N) is 1. The minimum absolute atomic E-state index is 0.0882. The van der Waals surface area contributed by atoms with Crippen LogP contribution in [0.2, 0.25) is 0 Å². The third-order valence-corrected chi connectivity index (χ3v) is 5.73. The molecule has 0 saturated carbocycles. The lowest BCUT2D eigenvalue weighted by atomic mass is 10.0. The number of likely N-dealkylation sites (tertiary alicyclic amines) is 1. The molecule has 1 N–H and O–H groups in total. The van der Waals surface area contributed by atoms with Gasteiger partial charge >= 0.3 is 6.03 Å². The fourth-order valence-corrected chi connectivity index (χ4v) is 4.40. The SMILES string of the molecule is O=C1Nc2ccc(F)cc2CN1CC(=O)N1C[C@H]2C=C(c3ccc(F)cn3)[C@@H]1C2. The number of fused-ring (bicyclic) bond motifs is 3. The van der Waals surface area contributed by atoms with E-state index in [4.69, 9.17) is 0 Å². The topological polar surface area (TPSA) is 65.5 Å². The van der Waals surface area contributed by atoms with Crippen molar-refractivity contribution in [2.75, 3.05) is 18.4 Å². The molecule has 148 valence electrons. The Bertz CT molecular complexity index is 1040. The van der Waals surface area contributed by atoms with Crippen molar-refractivity contribution in [1.29, 1.82) is 0 Å². The first-order valence-electron chi connectivity index (χ1n) is 9.45. The van der Waals surface area contributed by atoms with Crippen molar-refractivity contribution in [3.8, 4) is 0 Å². The van der Waals surface area contributed by atoms with Crippen molar-refractivity contribution >= 4 is 23.2 Å². The van der Waals surface area contributed by atoms with Crippen LogP contribution in [-0.2, 0) is 11.3 Å². The number of anilines is 1. The van der Waals surface area contributed by atoms with Crippen LogP contribution in [0.5, 0.6) is 0 Å². The molecule has 8 heteroatoms. The second kappa shape index (κ2) is 6.65. The number of aromatic nitrogens is 1. The second-order valence-electron chi connectivity index (χ2n) is 7.63. The van der Waals surface area contributed by atoms with E-state index in [9.17, 15) is 18.4 Å². The largest absolute Gasteiger partial charge is 0.333 e. The molecule has 2 bridgehead atoms. The zero-order valence-corrected chi connectivity index (χ0v) is 15.4. The molecule has 0 unspecified atom stereocenters. The van der Waals surface area contributed by atoms with E-state index in [-0.39, 0.29) is 42.8 Å². The van der Waals surface area contributed by atoms with E-state index in [1.165, 1.54) is 35.4 Å². The number of urea groups is 1. The number of pyridine rings is 1. The van der Waals surface area contributed by atoms with Crippen LogP contribution in [0, 0.1) is 17.6 Å². The maximum Gasteiger partial charge on any atom is 0.322 e. The van der Waals surface area contributed by atoms with Crippen LogP contribution < -0.4 is 5.32 Å². The van der Waals surface area contributed by atoms with E-state index in [0.717, 1.165) is 12.0 Å². The third kappa shape index (κ3) is 3.14. The highest BCUT2D eigenvalue weighted by Crippen LogP contribution is 2.41. The van der Waals surface area contributed by atoms with Crippen LogP contribution in [0.25, 0.3) is 5.57 Å². The fraction of sp³-hybridized carbons (Fsp3) is 0.286. The van der Waals surface area contributed by atoms with E-state index in [0.29, 0.717) is 23.5 Å². The zero-order valence-electron chi connectivity index (χ0n) is 15.4. The second-order valence-corrected chi connectivity index (χ2v) is 7.63. The number of halogens is 2. The highest BCUT2D eigenvalue weighted by molar-refractivity contribution is 5.95. The summed E-state index contributed by atoms with van der Waals surface area (Å²) in [5, 5.41) is 2.70. The number of carbonyl (C=O) groups excluding carboxylic acids is 2. The van der Waals surface area contributed by atoms with E-state index < -0.39 is 5.82 Å². The molecule has 2 aliphatic heterocycles. The molecule has 6 nitrogen and oxygen atoms in total. The maximum atomic E-state index is 13.5. The van der Waals surface area contributed by atoms with Crippen molar-refractivity contribution < 1.29 is 18.4 Å². The molecular formula is C21H18F2N4O2. The highest BCUT2D eigenvalue weighted by atomic mass is 19.1. The van der Waals surface area contributed by atoms with E-state index >= 15 is 0 Å². The normalized spacial score (nSPS) is 22.4. The minimum atomic E-state index is -0.404. The first kappa shape index (κ1) is 17.8. The van der Waals surface area contributed by atoms with Crippen LogP contribution in [0.15, 0.2) is 42.6 Å². The molecule has 0 radical (unpaired) electrons. The van der Waals surface area contributed by atoms with Crippen molar-refractivity contribution in [3.63, 3.8) is 0 Å². The van der Waals surface area contributed by atoms with Crippen molar-refractivity contribution in [3.05, 3.63) is 65.5 Å². The van der Waals surface area contributed by atoms with Crippen LogP contribution in [0.4, 0.5) is 19.3 Å². The lowest BCUT2D eigenvalue weighted by Crippen LogP contribution is -2.48. The molecule has 3 aliphatic rings. The molecule has 1 aromatic carbocycles. The molecule has 3 amide bonds. The first-order chi connectivity index (χ1) is 14.0. The van der Waals surface area contributed by atoms with Crippen LogP contribution >= 0.6 is 0 Å². The highest BCUT2D eigenvalue weighted by Gasteiger charge is 2.43. The Balaban J connectivity index is 1.31. The van der Waals surface area contributed by atoms with Gasteiger partial charge in [0.25, 0.3) is 0 Å². The summed E-state index contributed by atoms with van der Waals surface area (Å²) >= 11 is 0. The number of nitrogens with zero attached hydrogens (tertiary/aromatic N) is 3. The van der Waals surface area contributed by atoms with Crippen LogP contribution in [0.3, 0.4) is 0 Å². The molecule has 3 heterocycles. The molecule has 1 fully saturated rings. The molecule has 2 atom stereocenters. The third-order valence-electron chi connectivity index (χ3n) is 5.73. The van der Waals surface area contributed by atoms with Gasteiger partial charge in [0.2, 0.25) is 5.91 Å². The fourth-order valence-electron chi connectivity index (χ4n) is 4.40.